The normalized spacial score (nSPS) is 14.9. The van der Waals surface area contributed by atoms with E-state index in [1.165, 1.54) is 0 Å². The van der Waals surface area contributed by atoms with Crippen molar-refractivity contribution >= 4 is 16.5 Å². The Morgan fingerprint density at radius 2 is 2.03 bits per heavy atom. The Balaban J connectivity index is 1.24. The molecule has 164 valence electrons. The number of methoxy groups -OCH3 is 1. The number of benzene rings is 2. The Kier molecular flexibility index (Phi) is 5.68. The van der Waals surface area contributed by atoms with Gasteiger partial charge < -0.3 is 19.5 Å². The van der Waals surface area contributed by atoms with Gasteiger partial charge in [-0.3, -0.25) is 4.68 Å². The van der Waals surface area contributed by atoms with Gasteiger partial charge in [0.25, 0.3) is 0 Å². The van der Waals surface area contributed by atoms with Gasteiger partial charge in [0.15, 0.2) is 22.7 Å². The molecule has 8 heteroatoms. The maximum Gasteiger partial charge on any atom is 0.183 e. The van der Waals surface area contributed by atoms with Gasteiger partial charge in [-0.1, -0.05) is 35.6 Å². The van der Waals surface area contributed by atoms with Crippen molar-refractivity contribution in [2.75, 3.05) is 19.0 Å². The summed E-state index contributed by atoms with van der Waals surface area (Å²) in [6.07, 6.45) is 1.89. The molecule has 2 aromatic heterocycles. The van der Waals surface area contributed by atoms with Gasteiger partial charge in [0.1, 0.15) is 18.1 Å². The Morgan fingerprint density at radius 3 is 2.91 bits per heavy atom. The highest BCUT2D eigenvalue weighted by Gasteiger charge is 2.22. The third-order valence-electron chi connectivity index (χ3n) is 5.21. The van der Waals surface area contributed by atoms with E-state index >= 15 is 0 Å². The van der Waals surface area contributed by atoms with Crippen LogP contribution in [0.4, 0.5) is 5.13 Å². The highest BCUT2D eigenvalue weighted by Crippen LogP contribution is 2.33. The minimum Gasteiger partial charge on any atom is -0.497 e. The lowest BCUT2D eigenvalue weighted by Crippen LogP contribution is -2.33. The number of hydrogen-bond donors (Lipinski definition) is 1. The molecule has 0 saturated carbocycles. The number of aryl methyl sites for hydroxylation is 1. The fourth-order valence-corrected chi connectivity index (χ4v) is 4.54. The summed E-state index contributed by atoms with van der Waals surface area (Å²) >= 11 is 1.61. The van der Waals surface area contributed by atoms with Crippen molar-refractivity contribution in [1.29, 1.82) is 0 Å². The molecular weight excluding hydrogens is 424 g/mol. The number of aromatic nitrogens is 3. The average molecular weight is 449 g/mol. The van der Waals surface area contributed by atoms with E-state index in [1.807, 2.05) is 66.3 Å². The van der Waals surface area contributed by atoms with E-state index in [9.17, 15) is 0 Å². The van der Waals surface area contributed by atoms with Gasteiger partial charge in [-0.15, -0.1) is 0 Å². The number of rotatable bonds is 7. The molecule has 0 fully saturated rings. The molecule has 1 aliphatic rings. The lowest BCUT2D eigenvalue weighted by Gasteiger charge is -2.26. The van der Waals surface area contributed by atoms with Crippen LogP contribution in [-0.4, -0.2) is 34.6 Å². The smallest absolute Gasteiger partial charge is 0.183 e. The number of thiazole rings is 1. The van der Waals surface area contributed by atoms with Crippen molar-refractivity contribution in [3.05, 3.63) is 72.1 Å². The fraction of sp³-hybridized carbons (Fsp3) is 0.250. The summed E-state index contributed by atoms with van der Waals surface area (Å²) in [5, 5.41) is 9.03. The number of ether oxygens (including phenoxy) is 3. The lowest BCUT2D eigenvalue weighted by molar-refractivity contribution is 0.0759. The van der Waals surface area contributed by atoms with E-state index in [0.29, 0.717) is 19.7 Å². The van der Waals surface area contributed by atoms with Crippen LogP contribution in [0.1, 0.15) is 11.3 Å². The number of hydrogen-bond acceptors (Lipinski definition) is 7. The zero-order chi connectivity index (χ0) is 21.9. The van der Waals surface area contributed by atoms with E-state index < -0.39 is 0 Å². The maximum absolute atomic E-state index is 6.05. The largest absolute Gasteiger partial charge is 0.497 e. The molecule has 0 spiro atoms. The number of anilines is 1. The molecule has 0 aliphatic carbocycles. The molecule has 7 nitrogen and oxygen atoms in total. The third-order valence-corrected chi connectivity index (χ3v) is 6.34. The molecule has 0 amide bonds. The molecule has 4 aromatic rings. The Morgan fingerprint density at radius 1 is 1.16 bits per heavy atom. The van der Waals surface area contributed by atoms with E-state index in [2.05, 4.69) is 16.4 Å². The summed E-state index contributed by atoms with van der Waals surface area (Å²) in [5.41, 5.74) is 3.01. The summed E-state index contributed by atoms with van der Waals surface area (Å²) in [7, 11) is 1.68. The van der Waals surface area contributed by atoms with Crippen LogP contribution in [0.2, 0.25) is 0 Å². The molecule has 5 rings (SSSR count). The quantitative estimate of drug-likeness (QED) is 0.439. The standard InChI is InChI=1S/C24H24N4O3S/c1-16-23(32-24(26-16)25-13-17-6-5-7-18(12-17)29-2)20-10-11-28(27-20)14-19-15-30-21-8-3-4-9-22(21)31-19/h3-12,19H,13-15H2,1-2H3,(H,25,26)/t19-/m0/s1. The van der Waals surface area contributed by atoms with Gasteiger partial charge in [0.05, 0.1) is 24.2 Å². The minimum absolute atomic E-state index is 0.0831. The average Bonchev–Trinajstić information content (AvgIpc) is 3.43. The van der Waals surface area contributed by atoms with Gasteiger partial charge in [0.2, 0.25) is 0 Å². The van der Waals surface area contributed by atoms with E-state index in [-0.39, 0.29) is 6.10 Å². The van der Waals surface area contributed by atoms with Crippen LogP contribution in [0.5, 0.6) is 17.2 Å². The van der Waals surface area contributed by atoms with Crippen molar-refractivity contribution in [3.63, 3.8) is 0 Å². The molecule has 0 bridgehead atoms. The molecule has 0 unspecified atom stereocenters. The second-order valence-electron chi connectivity index (χ2n) is 7.56. The van der Waals surface area contributed by atoms with Crippen LogP contribution in [0.15, 0.2) is 60.8 Å². The minimum atomic E-state index is -0.0831. The van der Waals surface area contributed by atoms with Crippen molar-refractivity contribution in [3.8, 4) is 27.8 Å². The summed E-state index contributed by atoms with van der Waals surface area (Å²) in [6, 6.07) is 17.8. The predicted octanol–water partition coefficient (Wildman–Crippen LogP) is 4.78. The molecule has 0 saturated heterocycles. The number of nitrogens with zero attached hydrogens (tertiary/aromatic N) is 3. The zero-order valence-corrected chi connectivity index (χ0v) is 18.8. The summed E-state index contributed by atoms with van der Waals surface area (Å²) in [5.74, 6) is 2.42. The van der Waals surface area contributed by atoms with E-state index in [1.54, 1.807) is 18.4 Å². The van der Waals surface area contributed by atoms with Crippen LogP contribution in [0.25, 0.3) is 10.6 Å². The second kappa shape index (κ2) is 8.92. The van der Waals surface area contributed by atoms with E-state index in [0.717, 1.165) is 44.2 Å². The van der Waals surface area contributed by atoms with Gasteiger partial charge in [-0.2, -0.15) is 5.10 Å². The monoisotopic (exact) mass is 448 g/mol. The molecule has 1 N–H and O–H groups in total. The number of fused-ring (bicyclic) bond motifs is 1. The van der Waals surface area contributed by atoms with Gasteiger partial charge in [-0.25, -0.2) is 4.98 Å². The van der Waals surface area contributed by atoms with Crippen LogP contribution in [0.3, 0.4) is 0 Å². The summed E-state index contributed by atoms with van der Waals surface area (Å²) in [6.45, 7) is 3.81. The molecule has 1 atom stereocenters. The van der Waals surface area contributed by atoms with E-state index in [4.69, 9.17) is 19.3 Å². The van der Waals surface area contributed by atoms with Crippen molar-refractivity contribution in [1.82, 2.24) is 14.8 Å². The fourth-order valence-electron chi connectivity index (χ4n) is 3.62. The third kappa shape index (κ3) is 4.40. The molecule has 1 aliphatic heterocycles. The molecule has 32 heavy (non-hydrogen) atoms. The predicted molar refractivity (Wildman–Crippen MR) is 125 cm³/mol. The topological polar surface area (TPSA) is 70.4 Å². The number of para-hydroxylation sites is 2. The van der Waals surface area contributed by atoms with Crippen LogP contribution < -0.4 is 19.5 Å². The molecule has 3 heterocycles. The summed E-state index contributed by atoms with van der Waals surface area (Å²) < 4.78 is 19.1. The molecule has 0 radical (unpaired) electrons. The van der Waals surface area contributed by atoms with Gasteiger partial charge in [-0.05, 0) is 42.8 Å². The lowest BCUT2D eigenvalue weighted by atomic mass is 10.2. The first-order valence-corrected chi connectivity index (χ1v) is 11.3. The van der Waals surface area contributed by atoms with Gasteiger partial charge >= 0.3 is 0 Å². The summed E-state index contributed by atoms with van der Waals surface area (Å²) in [4.78, 5) is 5.74. The second-order valence-corrected chi connectivity index (χ2v) is 8.56. The Labute approximate surface area is 190 Å². The van der Waals surface area contributed by atoms with Crippen molar-refractivity contribution < 1.29 is 14.2 Å². The van der Waals surface area contributed by atoms with Gasteiger partial charge in [0, 0.05) is 12.7 Å². The maximum atomic E-state index is 6.05. The number of nitrogens with one attached hydrogen (secondary N) is 1. The Hall–Kier alpha value is -3.52. The van der Waals surface area contributed by atoms with Crippen molar-refractivity contribution in [2.45, 2.75) is 26.1 Å². The molecule has 2 aromatic carbocycles. The highest BCUT2D eigenvalue weighted by atomic mass is 32.1. The zero-order valence-electron chi connectivity index (χ0n) is 17.9. The van der Waals surface area contributed by atoms with Crippen LogP contribution >= 0.6 is 11.3 Å². The SMILES string of the molecule is COc1cccc(CNc2nc(C)c(-c3ccn(C[C@H]4COc5ccccc5O4)n3)s2)c1. The first kappa shape index (κ1) is 20.4. The Bertz CT molecular complexity index is 1220. The van der Waals surface area contributed by atoms with Crippen LogP contribution in [-0.2, 0) is 13.1 Å². The van der Waals surface area contributed by atoms with Crippen LogP contribution in [0, 0.1) is 6.92 Å². The van der Waals surface area contributed by atoms with Crippen molar-refractivity contribution in [2.24, 2.45) is 0 Å². The highest BCUT2D eigenvalue weighted by molar-refractivity contribution is 7.19. The first-order chi connectivity index (χ1) is 15.7. The first-order valence-electron chi connectivity index (χ1n) is 10.4. The molecular formula is C24H24N4O3S.